The molecule has 0 unspecified atom stereocenters. The molecule has 3 aromatic carbocycles. The molecule has 1 N–H and O–H groups in total. The summed E-state index contributed by atoms with van der Waals surface area (Å²) >= 11 is 6.20. The Morgan fingerprint density at radius 1 is 0.839 bits per heavy atom. The van der Waals surface area contributed by atoms with Gasteiger partial charge in [0.05, 0.1) is 31.1 Å². The molecule has 10 heteroatoms. The van der Waals surface area contributed by atoms with Gasteiger partial charge < -0.3 is 5.11 Å². The average Bonchev–Trinajstić information content (AvgIpc) is 3.03. The molecule has 0 radical (unpaired) electrons. The van der Waals surface area contributed by atoms with E-state index in [-0.39, 0.29) is 36.4 Å². The molecular formula is C21H9Br2F6NO. The van der Waals surface area contributed by atoms with Crippen molar-refractivity contribution in [3.63, 3.8) is 0 Å². The lowest BCUT2D eigenvalue weighted by Gasteiger charge is -2.12. The van der Waals surface area contributed by atoms with Gasteiger partial charge in [-0.1, -0.05) is 24.3 Å². The molecule has 0 aliphatic carbocycles. The number of rotatable bonds is 1. The van der Waals surface area contributed by atoms with Crippen molar-refractivity contribution in [1.82, 2.24) is 0 Å². The zero-order valence-electron chi connectivity index (χ0n) is 15.0. The minimum Gasteiger partial charge on any atom is -0.506 e. The van der Waals surface area contributed by atoms with Gasteiger partial charge in [0.25, 0.3) is 0 Å². The summed E-state index contributed by atoms with van der Waals surface area (Å²) in [7, 11) is 0. The standard InChI is InChI=1S/C21H9Br2F6NO/c22-14-5-9(6-15(23)19(14)31)7-16-17(21(27,28)29)12-8-13(20(24,25)26)10-3-1-2-4-11(10)18(12)30-16/h1-8,31H. The maximum Gasteiger partial charge on any atom is 0.419 e. The van der Waals surface area contributed by atoms with E-state index >= 15 is 0 Å². The third-order valence-electron chi connectivity index (χ3n) is 4.71. The molecule has 0 bridgehead atoms. The number of aromatic hydroxyl groups is 1. The summed E-state index contributed by atoms with van der Waals surface area (Å²) in [6.07, 6.45) is -8.68. The van der Waals surface area contributed by atoms with Crippen molar-refractivity contribution >= 4 is 54.3 Å². The molecule has 1 heterocycles. The van der Waals surface area contributed by atoms with Crippen LogP contribution in [0.1, 0.15) is 11.1 Å². The molecule has 31 heavy (non-hydrogen) atoms. The minimum absolute atomic E-state index is 0.0226. The van der Waals surface area contributed by atoms with Crippen molar-refractivity contribution in [3.05, 3.63) is 78.8 Å². The summed E-state index contributed by atoms with van der Waals surface area (Å²) in [5.41, 5.74) is -2.67. The second-order valence-electron chi connectivity index (χ2n) is 6.71. The first-order valence-electron chi connectivity index (χ1n) is 8.57. The molecule has 0 aromatic heterocycles. The lowest BCUT2D eigenvalue weighted by Crippen LogP contribution is -2.30. The van der Waals surface area contributed by atoms with E-state index in [9.17, 15) is 31.4 Å². The molecule has 2 nitrogen and oxygen atoms in total. The first kappa shape index (κ1) is 21.9. The van der Waals surface area contributed by atoms with Crippen LogP contribution < -0.4 is 10.6 Å². The van der Waals surface area contributed by atoms with Crippen LogP contribution in [0.5, 0.6) is 5.75 Å². The SMILES string of the molecule is Oc1c(Br)cc(C=C2N=c3c(cc(C(F)(F)F)c4ccccc34)=C2C(F)(F)F)cc1Br. The van der Waals surface area contributed by atoms with Gasteiger partial charge in [0.2, 0.25) is 0 Å². The van der Waals surface area contributed by atoms with E-state index in [1.165, 1.54) is 36.4 Å². The molecule has 160 valence electrons. The Hall–Kier alpha value is -2.33. The van der Waals surface area contributed by atoms with Crippen LogP contribution >= 0.6 is 31.9 Å². The summed E-state index contributed by atoms with van der Waals surface area (Å²) in [6.45, 7) is 0. The van der Waals surface area contributed by atoms with Crippen LogP contribution in [-0.4, -0.2) is 11.3 Å². The summed E-state index contributed by atoms with van der Waals surface area (Å²) in [6, 6.07) is 8.61. The van der Waals surface area contributed by atoms with Gasteiger partial charge >= 0.3 is 12.4 Å². The molecule has 1 aliphatic rings. The molecule has 0 saturated carbocycles. The molecular weight excluding hydrogens is 556 g/mol. The third kappa shape index (κ3) is 3.87. The van der Waals surface area contributed by atoms with E-state index < -0.39 is 34.4 Å². The number of nitrogens with zero attached hydrogens (tertiary/aromatic N) is 1. The van der Waals surface area contributed by atoms with Crippen LogP contribution in [0.15, 0.2) is 62.1 Å². The monoisotopic (exact) mass is 563 g/mol. The lowest BCUT2D eigenvalue weighted by atomic mass is 10.00. The van der Waals surface area contributed by atoms with E-state index in [1.807, 2.05) is 0 Å². The molecule has 3 aromatic rings. The topological polar surface area (TPSA) is 32.6 Å². The maximum absolute atomic E-state index is 14.0. The van der Waals surface area contributed by atoms with Gasteiger partial charge in [0.1, 0.15) is 5.75 Å². The highest BCUT2D eigenvalue weighted by Gasteiger charge is 2.41. The Bertz CT molecular complexity index is 1370. The summed E-state index contributed by atoms with van der Waals surface area (Å²) in [4.78, 5) is 4.07. The van der Waals surface area contributed by atoms with Crippen LogP contribution in [0.4, 0.5) is 26.3 Å². The average molecular weight is 565 g/mol. The second-order valence-corrected chi connectivity index (χ2v) is 8.42. The highest BCUT2D eigenvalue weighted by atomic mass is 79.9. The number of benzene rings is 3. The predicted octanol–water partition coefficient (Wildman–Crippen LogP) is 6.48. The zero-order chi connectivity index (χ0) is 22.7. The van der Waals surface area contributed by atoms with Crippen molar-refractivity contribution in [2.24, 2.45) is 4.99 Å². The largest absolute Gasteiger partial charge is 0.506 e. The fourth-order valence-electron chi connectivity index (χ4n) is 3.45. The number of hydrogen-bond acceptors (Lipinski definition) is 2. The van der Waals surface area contributed by atoms with Gasteiger partial charge in [0.15, 0.2) is 0 Å². The highest BCUT2D eigenvalue weighted by molar-refractivity contribution is 9.11. The normalized spacial score (nSPS) is 15.5. The van der Waals surface area contributed by atoms with Crippen molar-refractivity contribution in [1.29, 1.82) is 0 Å². The van der Waals surface area contributed by atoms with Crippen molar-refractivity contribution < 1.29 is 31.4 Å². The van der Waals surface area contributed by atoms with Gasteiger partial charge in [-0.05, 0) is 67.1 Å². The number of allylic oxidation sites excluding steroid dienone is 1. The number of halogens is 8. The molecule has 4 rings (SSSR count). The Morgan fingerprint density at radius 3 is 1.97 bits per heavy atom. The smallest absolute Gasteiger partial charge is 0.419 e. The van der Waals surface area contributed by atoms with Crippen LogP contribution in [0, 0.1) is 0 Å². The van der Waals surface area contributed by atoms with Gasteiger partial charge in [-0.15, -0.1) is 0 Å². The molecule has 1 aliphatic heterocycles. The van der Waals surface area contributed by atoms with E-state index in [0.717, 1.165) is 6.08 Å². The van der Waals surface area contributed by atoms with Crippen molar-refractivity contribution in [2.45, 2.75) is 12.4 Å². The van der Waals surface area contributed by atoms with Crippen LogP contribution in [0.25, 0.3) is 22.4 Å². The maximum atomic E-state index is 14.0. The van der Waals surface area contributed by atoms with E-state index in [4.69, 9.17) is 0 Å². The van der Waals surface area contributed by atoms with Gasteiger partial charge in [-0.2, -0.15) is 26.3 Å². The predicted molar refractivity (Wildman–Crippen MR) is 111 cm³/mol. The second kappa shape index (κ2) is 7.37. The summed E-state index contributed by atoms with van der Waals surface area (Å²) < 4.78 is 83.2. The number of phenolic OH excluding ortho intramolecular Hbond substituents is 1. The van der Waals surface area contributed by atoms with Crippen LogP contribution in [-0.2, 0) is 6.18 Å². The molecule has 0 fully saturated rings. The molecule has 0 amide bonds. The third-order valence-corrected chi connectivity index (χ3v) is 5.91. The summed E-state index contributed by atoms with van der Waals surface area (Å²) in [5.74, 6) is -0.144. The fraction of sp³-hybridized carbons (Fsp3) is 0.0952. The zero-order valence-corrected chi connectivity index (χ0v) is 18.2. The Kier molecular flexibility index (Phi) is 5.20. The summed E-state index contributed by atoms with van der Waals surface area (Å²) in [5, 5.41) is 8.77. The number of hydrogen-bond donors (Lipinski definition) is 1. The van der Waals surface area contributed by atoms with Crippen molar-refractivity contribution in [2.75, 3.05) is 0 Å². The van der Waals surface area contributed by atoms with Gasteiger partial charge in [-0.3, -0.25) is 0 Å². The van der Waals surface area contributed by atoms with E-state index in [0.29, 0.717) is 6.07 Å². The Labute approximate surface area is 187 Å². The van der Waals surface area contributed by atoms with Crippen LogP contribution in [0.2, 0.25) is 0 Å². The molecule has 0 atom stereocenters. The highest BCUT2D eigenvalue weighted by Crippen LogP contribution is 2.39. The fourth-order valence-corrected chi connectivity index (χ4v) is 4.67. The number of phenols is 1. The van der Waals surface area contributed by atoms with Crippen LogP contribution in [0.3, 0.4) is 0 Å². The Morgan fingerprint density at radius 2 is 1.42 bits per heavy atom. The lowest BCUT2D eigenvalue weighted by molar-refractivity contribution is -0.136. The van der Waals surface area contributed by atoms with Gasteiger partial charge in [0, 0.05) is 10.6 Å². The quantitative estimate of drug-likeness (QED) is 0.337. The number of fused-ring (bicyclic) bond motifs is 3. The minimum atomic E-state index is -4.95. The van der Waals surface area contributed by atoms with E-state index in [2.05, 4.69) is 36.9 Å². The van der Waals surface area contributed by atoms with Crippen molar-refractivity contribution in [3.8, 4) is 5.75 Å². The number of alkyl halides is 6. The first-order valence-corrected chi connectivity index (χ1v) is 10.2. The van der Waals surface area contributed by atoms with E-state index in [1.54, 1.807) is 0 Å². The van der Waals surface area contributed by atoms with Gasteiger partial charge in [-0.25, -0.2) is 4.99 Å². The Balaban J connectivity index is 2.12. The molecule has 0 spiro atoms. The molecule has 0 saturated heterocycles. The first-order chi connectivity index (χ1) is 14.4.